The molecule has 1 aromatic carbocycles. The fourth-order valence-corrected chi connectivity index (χ4v) is 2.27. The highest BCUT2D eigenvalue weighted by Gasteiger charge is 2.17. The van der Waals surface area contributed by atoms with Crippen LogP contribution in [0.5, 0.6) is 0 Å². The maximum Gasteiger partial charge on any atom is 0.274 e. The topological polar surface area (TPSA) is 64.2 Å². The van der Waals surface area contributed by atoms with Gasteiger partial charge in [0.05, 0.1) is 5.69 Å². The van der Waals surface area contributed by atoms with Crippen LogP contribution in [-0.2, 0) is 0 Å². The number of benzene rings is 1. The Morgan fingerprint density at radius 3 is 2.57 bits per heavy atom. The van der Waals surface area contributed by atoms with Gasteiger partial charge in [0.1, 0.15) is 0 Å². The van der Waals surface area contributed by atoms with Crippen LogP contribution in [0.25, 0.3) is 5.69 Å². The molecule has 5 heteroatoms. The van der Waals surface area contributed by atoms with E-state index in [0.717, 1.165) is 31.6 Å². The van der Waals surface area contributed by atoms with Gasteiger partial charge in [-0.2, -0.15) is 5.10 Å². The van der Waals surface area contributed by atoms with Crippen LogP contribution in [0.1, 0.15) is 37.2 Å². The number of anilines is 1. The van der Waals surface area contributed by atoms with Gasteiger partial charge in [-0.25, -0.2) is 4.68 Å². The zero-order valence-electron chi connectivity index (χ0n) is 12.6. The highest BCUT2D eigenvalue weighted by molar-refractivity contribution is 5.92. The molecular formula is C16H22N4O. The monoisotopic (exact) mass is 286 g/mol. The Balaban J connectivity index is 2.20. The predicted octanol–water partition coefficient (Wildman–Crippen LogP) is 2.72. The Labute approximate surface area is 125 Å². The Morgan fingerprint density at radius 1 is 1.24 bits per heavy atom. The molecule has 1 amide bonds. The van der Waals surface area contributed by atoms with Crippen molar-refractivity contribution >= 4 is 11.6 Å². The molecule has 0 unspecified atom stereocenters. The second-order valence-corrected chi connectivity index (χ2v) is 5.03. The van der Waals surface area contributed by atoms with Crippen molar-refractivity contribution in [3.8, 4) is 5.69 Å². The molecule has 0 fully saturated rings. The Bertz CT molecular complexity index is 600. The Morgan fingerprint density at radius 2 is 1.95 bits per heavy atom. The molecule has 0 aliphatic heterocycles. The van der Waals surface area contributed by atoms with E-state index in [1.165, 1.54) is 0 Å². The lowest BCUT2D eigenvalue weighted by atomic mass is 10.3. The van der Waals surface area contributed by atoms with Crippen LogP contribution in [0.2, 0.25) is 0 Å². The van der Waals surface area contributed by atoms with Gasteiger partial charge in [0.15, 0.2) is 5.69 Å². The molecule has 0 aliphatic carbocycles. The van der Waals surface area contributed by atoms with Crippen molar-refractivity contribution in [2.75, 3.05) is 18.8 Å². The van der Waals surface area contributed by atoms with Crippen molar-refractivity contribution in [2.45, 2.75) is 26.7 Å². The second kappa shape index (κ2) is 6.92. The van der Waals surface area contributed by atoms with Crippen molar-refractivity contribution in [3.05, 3.63) is 42.2 Å². The number of amides is 1. The van der Waals surface area contributed by atoms with Gasteiger partial charge in [-0.1, -0.05) is 19.9 Å². The molecule has 5 nitrogen and oxygen atoms in total. The summed E-state index contributed by atoms with van der Waals surface area (Å²) in [4.78, 5) is 14.3. The van der Waals surface area contributed by atoms with E-state index in [4.69, 9.17) is 5.73 Å². The summed E-state index contributed by atoms with van der Waals surface area (Å²) in [7, 11) is 0. The van der Waals surface area contributed by atoms with Crippen LogP contribution in [0.4, 0.5) is 5.69 Å². The van der Waals surface area contributed by atoms with Gasteiger partial charge in [0, 0.05) is 25.0 Å². The molecular weight excluding hydrogens is 264 g/mol. The maximum atomic E-state index is 12.5. The number of hydrogen-bond acceptors (Lipinski definition) is 3. The molecule has 2 N–H and O–H groups in total. The van der Waals surface area contributed by atoms with Crippen LogP contribution >= 0.6 is 0 Å². The minimum Gasteiger partial charge on any atom is -0.399 e. The third kappa shape index (κ3) is 3.62. The van der Waals surface area contributed by atoms with Crippen molar-refractivity contribution in [3.63, 3.8) is 0 Å². The number of rotatable bonds is 6. The van der Waals surface area contributed by atoms with Gasteiger partial charge < -0.3 is 10.6 Å². The molecule has 2 aromatic rings. The van der Waals surface area contributed by atoms with Crippen molar-refractivity contribution in [1.82, 2.24) is 14.7 Å². The summed E-state index contributed by atoms with van der Waals surface area (Å²) in [5.74, 6) is -0.0126. The minimum atomic E-state index is -0.0126. The van der Waals surface area contributed by atoms with E-state index < -0.39 is 0 Å². The Hall–Kier alpha value is -2.30. The molecule has 1 aromatic heterocycles. The van der Waals surface area contributed by atoms with Crippen LogP contribution in [-0.4, -0.2) is 33.7 Å². The largest absolute Gasteiger partial charge is 0.399 e. The lowest BCUT2D eigenvalue weighted by Crippen LogP contribution is -2.32. The predicted molar refractivity (Wildman–Crippen MR) is 84.5 cm³/mol. The molecule has 2 rings (SSSR count). The molecule has 112 valence electrons. The van der Waals surface area contributed by atoms with E-state index in [9.17, 15) is 4.79 Å². The summed E-state index contributed by atoms with van der Waals surface area (Å²) < 4.78 is 1.68. The summed E-state index contributed by atoms with van der Waals surface area (Å²) in [6.45, 7) is 5.66. The third-order valence-corrected chi connectivity index (χ3v) is 3.22. The Kier molecular flexibility index (Phi) is 4.98. The number of carbonyl (C=O) groups is 1. The molecule has 0 spiro atoms. The van der Waals surface area contributed by atoms with Gasteiger partial charge in [-0.3, -0.25) is 4.79 Å². The highest BCUT2D eigenvalue weighted by atomic mass is 16.2. The number of nitrogens with zero attached hydrogens (tertiary/aromatic N) is 3. The average Bonchev–Trinajstić information content (AvgIpc) is 2.96. The highest BCUT2D eigenvalue weighted by Crippen LogP contribution is 2.12. The lowest BCUT2D eigenvalue weighted by Gasteiger charge is -2.20. The number of nitrogen functional groups attached to an aromatic ring is 1. The van der Waals surface area contributed by atoms with Gasteiger partial charge in [0.2, 0.25) is 0 Å². The summed E-state index contributed by atoms with van der Waals surface area (Å²) in [5.41, 5.74) is 7.77. The molecule has 0 radical (unpaired) electrons. The zero-order valence-corrected chi connectivity index (χ0v) is 12.6. The van der Waals surface area contributed by atoms with E-state index in [1.807, 2.05) is 29.2 Å². The molecule has 0 saturated carbocycles. The molecule has 0 atom stereocenters. The van der Waals surface area contributed by atoms with Crippen LogP contribution in [0, 0.1) is 0 Å². The maximum absolute atomic E-state index is 12.5. The van der Waals surface area contributed by atoms with E-state index in [0.29, 0.717) is 11.4 Å². The van der Waals surface area contributed by atoms with E-state index in [-0.39, 0.29) is 5.91 Å². The smallest absolute Gasteiger partial charge is 0.274 e. The minimum absolute atomic E-state index is 0.0126. The van der Waals surface area contributed by atoms with Gasteiger partial charge >= 0.3 is 0 Å². The fraction of sp³-hybridized carbons (Fsp3) is 0.375. The zero-order chi connectivity index (χ0) is 15.2. The molecule has 0 aliphatic rings. The van der Waals surface area contributed by atoms with Gasteiger partial charge in [-0.05, 0) is 37.1 Å². The number of hydrogen-bond donors (Lipinski definition) is 1. The van der Waals surface area contributed by atoms with Crippen molar-refractivity contribution in [2.24, 2.45) is 0 Å². The first kappa shape index (κ1) is 15.1. The average molecular weight is 286 g/mol. The van der Waals surface area contributed by atoms with Gasteiger partial charge in [-0.15, -0.1) is 0 Å². The van der Waals surface area contributed by atoms with Crippen molar-refractivity contribution < 1.29 is 4.79 Å². The summed E-state index contributed by atoms with van der Waals surface area (Å²) in [6, 6.07) is 9.19. The summed E-state index contributed by atoms with van der Waals surface area (Å²) in [5, 5.41) is 4.38. The van der Waals surface area contributed by atoms with Crippen LogP contribution < -0.4 is 5.73 Å². The normalized spacial score (nSPS) is 10.6. The molecule has 0 bridgehead atoms. The number of aromatic nitrogens is 2. The first-order valence-electron chi connectivity index (χ1n) is 7.36. The third-order valence-electron chi connectivity index (χ3n) is 3.22. The van der Waals surface area contributed by atoms with Gasteiger partial charge in [0.25, 0.3) is 5.91 Å². The summed E-state index contributed by atoms with van der Waals surface area (Å²) in [6.07, 6.45) is 3.68. The second-order valence-electron chi connectivity index (χ2n) is 5.03. The van der Waals surface area contributed by atoms with E-state index in [2.05, 4.69) is 18.9 Å². The van der Waals surface area contributed by atoms with E-state index in [1.54, 1.807) is 16.9 Å². The molecule has 21 heavy (non-hydrogen) atoms. The standard InChI is InChI=1S/C16H22N4O/c1-3-9-19(10-4-2)16(21)15-8-11-20(18-15)14-7-5-6-13(17)12-14/h5-8,11-12H,3-4,9-10,17H2,1-2H3. The van der Waals surface area contributed by atoms with Crippen molar-refractivity contribution in [1.29, 1.82) is 0 Å². The lowest BCUT2D eigenvalue weighted by molar-refractivity contribution is 0.0749. The first-order chi connectivity index (χ1) is 10.2. The number of carbonyl (C=O) groups excluding carboxylic acids is 1. The number of nitrogens with two attached hydrogens (primary N) is 1. The van der Waals surface area contributed by atoms with E-state index >= 15 is 0 Å². The first-order valence-corrected chi connectivity index (χ1v) is 7.36. The van der Waals surface area contributed by atoms with Crippen LogP contribution in [0.15, 0.2) is 36.5 Å². The molecule has 0 saturated heterocycles. The molecule has 1 heterocycles. The van der Waals surface area contributed by atoms with Crippen LogP contribution in [0.3, 0.4) is 0 Å². The quantitative estimate of drug-likeness (QED) is 0.830. The summed E-state index contributed by atoms with van der Waals surface area (Å²) >= 11 is 0. The SMILES string of the molecule is CCCN(CCC)C(=O)c1ccn(-c2cccc(N)c2)n1. The fourth-order valence-electron chi connectivity index (χ4n) is 2.27.